The van der Waals surface area contributed by atoms with Crippen molar-refractivity contribution in [3.05, 3.63) is 77.8 Å². The van der Waals surface area contributed by atoms with Crippen molar-refractivity contribution >= 4 is 0 Å². The van der Waals surface area contributed by atoms with E-state index < -0.39 is 0 Å². The van der Waals surface area contributed by atoms with Gasteiger partial charge in [-0.2, -0.15) is 0 Å². The van der Waals surface area contributed by atoms with E-state index in [1.165, 1.54) is 5.69 Å². The summed E-state index contributed by atoms with van der Waals surface area (Å²) < 4.78 is 14.3. The number of nitrogens with zero attached hydrogens (tertiary/aromatic N) is 3. The topological polar surface area (TPSA) is 43.4 Å². The summed E-state index contributed by atoms with van der Waals surface area (Å²) >= 11 is 0. The predicted octanol–water partition coefficient (Wildman–Crippen LogP) is 3.39. The smallest absolute Gasteiger partial charge is 0.118 e. The summed E-state index contributed by atoms with van der Waals surface area (Å²) in [4.78, 5) is 6.55. The summed E-state index contributed by atoms with van der Waals surface area (Å²) in [6.45, 7) is 6.02. The lowest BCUT2D eigenvalue weighted by Crippen LogP contribution is -2.32. The van der Waals surface area contributed by atoms with Gasteiger partial charge in [0.2, 0.25) is 0 Å². The number of ether oxygens (including phenoxy) is 1. The molecule has 25 heavy (non-hydrogen) atoms. The Hall–Kier alpha value is -2.37. The summed E-state index contributed by atoms with van der Waals surface area (Å²) in [6, 6.07) is 12.4. The van der Waals surface area contributed by atoms with Gasteiger partial charge in [0.15, 0.2) is 0 Å². The van der Waals surface area contributed by atoms with E-state index in [1.54, 1.807) is 6.20 Å². The van der Waals surface area contributed by atoms with Gasteiger partial charge in [0.05, 0.1) is 19.3 Å². The van der Waals surface area contributed by atoms with Gasteiger partial charge in [-0.15, -0.1) is 0 Å². The van der Waals surface area contributed by atoms with Crippen LogP contribution in [0.25, 0.3) is 0 Å². The van der Waals surface area contributed by atoms with E-state index in [4.69, 9.17) is 9.15 Å². The number of rotatable bonds is 5. The van der Waals surface area contributed by atoms with Crippen molar-refractivity contribution in [1.29, 1.82) is 0 Å². The van der Waals surface area contributed by atoms with Crippen LogP contribution >= 0.6 is 0 Å². The van der Waals surface area contributed by atoms with Crippen LogP contribution in [0, 0.1) is 6.92 Å². The molecule has 4 rings (SSSR count). The highest BCUT2D eigenvalue weighted by molar-refractivity contribution is 5.11. The maximum absolute atomic E-state index is 6.22. The van der Waals surface area contributed by atoms with Gasteiger partial charge >= 0.3 is 0 Å². The standard InChI is InChI=1S/C20H23N3O2/c1-16-6-7-19(25-16)12-22-11-18-5-3-9-23(18)14-20(13-22)24-15-17-4-2-8-21-10-17/h2-10,20H,11-15H2,1H3/t20-/m1/s1. The lowest BCUT2D eigenvalue weighted by Gasteiger charge is -2.23. The van der Waals surface area contributed by atoms with Gasteiger partial charge in [0, 0.05) is 43.9 Å². The number of hydrogen-bond acceptors (Lipinski definition) is 4. The largest absolute Gasteiger partial charge is 0.465 e. The molecular weight excluding hydrogens is 314 g/mol. The van der Waals surface area contributed by atoms with Crippen molar-refractivity contribution in [3.63, 3.8) is 0 Å². The number of aryl methyl sites for hydroxylation is 1. The molecule has 4 heterocycles. The van der Waals surface area contributed by atoms with Gasteiger partial charge in [-0.1, -0.05) is 6.07 Å². The summed E-state index contributed by atoms with van der Waals surface area (Å²) in [6.07, 6.45) is 5.91. The van der Waals surface area contributed by atoms with Gasteiger partial charge in [-0.05, 0) is 42.8 Å². The van der Waals surface area contributed by atoms with E-state index in [0.717, 1.165) is 43.3 Å². The molecule has 0 fully saturated rings. The number of hydrogen-bond donors (Lipinski definition) is 0. The molecule has 0 saturated carbocycles. The minimum Gasteiger partial charge on any atom is -0.465 e. The van der Waals surface area contributed by atoms with Crippen LogP contribution in [0.5, 0.6) is 0 Å². The Balaban J connectivity index is 1.47. The molecule has 3 aromatic heterocycles. The molecule has 3 aromatic rings. The zero-order valence-corrected chi connectivity index (χ0v) is 14.5. The molecule has 1 aliphatic rings. The highest BCUT2D eigenvalue weighted by Crippen LogP contribution is 2.19. The monoisotopic (exact) mass is 337 g/mol. The maximum Gasteiger partial charge on any atom is 0.118 e. The molecule has 5 nitrogen and oxygen atoms in total. The van der Waals surface area contributed by atoms with E-state index in [2.05, 4.69) is 38.8 Å². The Labute approximate surface area is 147 Å². The molecule has 130 valence electrons. The van der Waals surface area contributed by atoms with Crippen LogP contribution in [-0.2, 0) is 31.0 Å². The van der Waals surface area contributed by atoms with Gasteiger partial charge in [0.1, 0.15) is 11.5 Å². The van der Waals surface area contributed by atoms with Crippen molar-refractivity contribution in [2.75, 3.05) is 6.54 Å². The van der Waals surface area contributed by atoms with Crippen molar-refractivity contribution in [3.8, 4) is 0 Å². The van der Waals surface area contributed by atoms with Crippen LogP contribution in [-0.4, -0.2) is 27.1 Å². The quantitative estimate of drug-likeness (QED) is 0.716. The lowest BCUT2D eigenvalue weighted by molar-refractivity contribution is 0.00749. The number of aromatic nitrogens is 2. The minimum atomic E-state index is 0.130. The molecule has 0 amide bonds. The van der Waals surface area contributed by atoms with Crippen molar-refractivity contribution < 1.29 is 9.15 Å². The van der Waals surface area contributed by atoms with Crippen LogP contribution < -0.4 is 0 Å². The van der Waals surface area contributed by atoms with E-state index in [0.29, 0.717) is 6.61 Å². The van der Waals surface area contributed by atoms with E-state index in [-0.39, 0.29) is 6.10 Å². The van der Waals surface area contributed by atoms with Crippen LogP contribution in [0.15, 0.2) is 59.4 Å². The molecule has 0 aromatic carbocycles. The Morgan fingerprint density at radius 1 is 1.20 bits per heavy atom. The first-order valence-corrected chi connectivity index (χ1v) is 8.68. The molecule has 5 heteroatoms. The van der Waals surface area contributed by atoms with Gasteiger partial charge < -0.3 is 13.7 Å². The van der Waals surface area contributed by atoms with Gasteiger partial charge in [0.25, 0.3) is 0 Å². The average molecular weight is 337 g/mol. The van der Waals surface area contributed by atoms with Crippen molar-refractivity contribution in [1.82, 2.24) is 14.5 Å². The third-order valence-corrected chi connectivity index (χ3v) is 4.56. The molecule has 0 unspecified atom stereocenters. The fourth-order valence-corrected chi connectivity index (χ4v) is 3.34. The molecule has 0 spiro atoms. The highest BCUT2D eigenvalue weighted by atomic mass is 16.5. The van der Waals surface area contributed by atoms with E-state index in [9.17, 15) is 0 Å². The molecule has 0 bridgehead atoms. The van der Waals surface area contributed by atoms with Crippen LogP contribution in [0.1, 0.15) is 22.8 Å². The predicted molar refractivity (Wildman–Crippen MR) is 94.8 cm³/mol. The Morgan fingerprint density at radius 2 is 2.16 bits per heavy atom. The number of pyridine rings is 1. The SMILES string of the molecule is Cc1ccc(CN2Cc3cccn3C[C@H](OCc3cccnc3)C2)o1. The number of furan rings is 1. The second-order valence-electron chi connectivity index (χ2n) is 6.63. The molecular formula is C20H23N3O2. The lowest BCUT2D eigenvalue weighted by atomic mass is 10.2. The first kappa shape index (κ1) is 16.1. The first-order valence-electron chi connectivity index (χ1n) is 8.68. The molecule has 0 N–H and O–H groups in total. The molecule has 1 aliphatic heterocycles. The molecule has 1 atom stereocenters. The summed E-state index contributed by atoms with van der Waals surface area (Å²) in [5.74, 6) is 1.96. The van der Waals surface area contributed by atoms with Crippen molar-refractivity contribution in [2.45, 2.75) is 39.3 Å². The summed E-state index contributed by atoms with van der Waals surface area (Å²) in [5, 5.41) is 0. The Morgan fingerprint density at radius 3 is 2.96 bits per heavy atom. The second-order valence-corrected chi connectivity index (χ2v) is 6.63. The average Bonchev–Trinajstić information content (AvgIpc) is 3.19. The van der Waals surface area contributed by atoms with Gasteiger partial charge in [-0.3, -0.25) is 9.88 Å². The third-order valence-electron chi connectivity index (χ3n) is 4.56. The van der Waals surface area contributed by atoms with Gasteiger partial charge in [-0.25, -0.2) is 0 Å². The molecule has 0 radical (unpaired) electrons. The third kappa shape index (κ3) is 4.00. The molecule has 0 aliphatic carbocycles. The van der Waals surface area contributed by atoms with Crippen LogP contribution in [0.2, 0.25) is 0 Å². The van der Waals surface area contributed by atoms with E-state index in [1.807, 2.05) is 31.3 Å². The fraction of sp³-hybridized carbons (Fsp3) is 0.350. The normalized spacial score (nSPS) is 18.0. The van der Waals surface area contributed by atoms with Crippen LogP contribution in [0.4, 0.5) is 0 Å². The summed E-state index contributed by atoms with van der Waals surface area (Å²) in [7, 11) is 0. The number of fused-ring (bicyclic) bond motifs is 1. The minimum absolute atomic E-state index is 0.130. The zero-order chi connectivity index (χ0) is 17.1. The van der Waals surface area contributed by atoms with E-state index >= 15 is 0 Å². The Kier molecular flexibility index (Phi) is 4.68. The maximum atomic E-state index is 6.22. The highest BCUT2D eigenvalue weighted by Gasteiger charge is 2.23. The fourth-order valence-electron chi connectivity index (χ4n) is 3.34. The zero-order valence-electron chi connectivity index (χ0n) is 14.5. The summed E-state index contributed by atoms with van der Waals surface area (Å²) in [5.41, 5.74) is 2.42. The second kappa shape index (κ2) is 7.25. The first-order chi connectivity index (χ1) is 12.3. The Bertz CT molecular complexity index is 809. The van der Waals surface area contributed by atoms with Crippen LogP contribution in [0.3, 0.4) is 0 Å². The molecule has 0 saturated heterocycles. The van der Waals surface area contributed by atoms with Crippen molar-refractivity contribution in [2.24, 2.45) is 0 Å².